The van der Waals surface area contributed by atoms with Gasteiger partial charge in [0.15, 0.2) is 0 Å². The first-order valence-corrected chi connectivity index (χ1v) is 18.8. The normalized spacial score (nSPS) is 12.0. The van der Waals surface area contributed by atoms with Gasteiger partial charge in [-0.2, -0.15) is 0 Å². The van der Waals surface area contributed by atoms with Gasteiger partial charge in [-0.15, -0.1) is 0 Å². The van der Waals surface area contributed by atoms with Crippen LogP contribution in [0.4, 0.5) is 0 Å². The molecule has 0 N–H and O–H groups in total. The molecule has 0 unspecified atom stereocenters. The number of benzene rings is 9. The Bertz CT molecular complexity index is 3420. The van der Waals surface area contributed by atoms with Gasteiger partial charge in [-0.05, 0) is 75.1 Å². The van der Waals surface area contributed by atoms with E-state index in [2.05, 4.69) is 180 Å². The van der Waals surface area contributed by atoms with E-state index in [9.17, 15) is 0 Å². The van der Waals surface area contributed by atoms with Crippen molar-refractivity contribution in [2.24, 2.45) is 0 Å². The number of aromatic nitrogens is 1. The van der Waals surface area contributed by atoms with Gasteiger partial charge in [-0.1, -0.05) is 146 Å². The summed E-state index contributed by atoms with van der Waals surface area (Å²) in [7, 11) is 0. The van der Waals surface area contributed by atoms with Gasteiger partial charge in [-0.25, -0.2) is 0 Å². The fourth-order valence-electron chi connectivity index (χ4n) is 9.05. The number of hydrogen-bond donors (Lipinski definition) is 0. The summed E-state index contributed by atoms with van der Waals surface area (Å²) >= 11 is 0. The molecule has 0 atom stereocenters. The first kappa shape index (κ1) is 30.1. The van der Waals surface area contributed by atoms with E-state index in [-0.39, 0.29) is 0 Å². The third kappa shape index (κ3) is 4.38. The van der Waals surface area contributed by atoms with Crippen molar-refractivity contribution in [1.82, 2.24) is 4.57 Å². The molecule has 0 amide bonds. The quantitative estimate of drug-likeness (QED) is 0.171. The van der Waals surface area contributed by atoms with Crippen molar-refractivity contribution < 1.29 is 8.83 Å². The molecular formula is C52H31NO2. The Morgan fingerprint density at radius 3 is 1.56 bits per heavy atom. The van der Waals surface area contributed by atoms with E-state index in [1.165, 1.54) is 54.5 Å². The summed E-state index contributed by atoms with van der Waals surface area (Å²) in [6.45, 7) is 0. The molecule has 3 heteroatoms. The molecule has 0 spiro atoms. The molecule has 0 bridgehead atoms. The molecule has 0 aliphatic heterocycles. The monoisotopic (exact) mass is 701 g/mol. The largest absolute Gasteiger partial charge is 0.456 e. The molecular weight excluding hydrogens is 671 g/mol. The second kappa shape index (κ2) is 11.6. The first-order valence-electron chi connectivity index (χ1n) is 18.8. The van der Waals surface area contributed by atoms with Gasteiger partial charge in [0.2, 0.25) is 0 Å². The minimum atomic E-state index is 0.837. The second-order valence-electron chi connectivity index (χ2n) is 14.4. The summed E-state index contributed by atoms with van der Waals surface area (Å²) in [4.78, 5) is 0. The lowest BCUT2D eigenvalue weighted by Crippen LogP contribution is -1.94. The Morgan fingerprint density at radius 2 is 0.836 bits per heavy atom. The lowest BCUT2D eigenvalue weighted by Gasteiger charge is -2.18. The van der Waals surface area contributed by atoms with E-state index >= 15 is 0 Å². The number of para-hydroxylation sites is 3. The summed E-state index contributed by atoms with van der Waals surface area (Å²) < 4.78 is 15.8. The summed E-state index contributed by atoms with van der Waals surface area (Å²) in [6, 6.07) is 67.2. The zero-order valence-electron chi connectivity index (χ0n) is 29.7. The third-order valence-corrected chi connectivity index (χ3v) is 11.4. The predicted octanol–water partition coefficient (Wildman–Crippen LogP) is 14.7. The molecule has 0 saturated heterocycles. The predicted molar refractivity (Wildman–Crippen MR) is 229 cm³/mol. The Morgan fingerprint density at radius 1 is 0.291 bits per heavy atom. The van der Waals surface area contributed by atoms with Crippen LogP contribution in [0.5, 0.6) is 0 Å². The summed E-state index contributed by atoms with van der Waals surface area (Å²) in [5, 5.41) is 10.4. The van der Waals surface area contributed by atoms with Gasteiger partial charge in [0.1, 0.15) is 22.5 Å². The first-order chi connectivity index (χ1) is 27.3. The number of rotatable bonds is 4. The van der Waals surface area contributed by atoms with Crippen molar-refractivity contribution in [2.75, 3.05) is 0 Å². The maximum absolute atomic E-state index is 6.97. The number of fused-ring (bicyclic) bond motifs is 9. The van der Waals surface area contributed by atoms with Crippen LogP contribution in [0.3, 0.4) is 0 Å². The van der Waals surface area contributed by atoms with Crippen LogP contribution in [0.25, 0.3) is 116 Å². The average Bonchev–Trinajstić information content (AvgIpc) is 3.91. The number of nitrogens with zero attached hydrogens (tertiary/aromatic N) is 1. The highest BCUT2D eigenvalue weighted by molar-refractivity contribution is 6.26. The molecule has 0 aliphatic carbocycles. The lowest BCUT2D eigenvalue weighted by molar-refractivity contribution is 0.632. The molecule has 0 aliphatic rings. The summed E-state index contributed by atoms with van der Waals surface area (Å²) in [5.41, 5.74) is 11.7. The van der Waals surface area contributed by atoms with Crippen molar-refractivity contribution in [2.45, 2.75) is 0 Å². The minimum absolute atomic E-state index is 0.837. The van der Waals surface area contributed by atoms with E-state index in [1.807, 2.05) is 12.1 Å². The maximum atomic E-state index is 6.97. The number of furan rings is 2. The van der Waals surface area contributed by atoms with E-state index in [0.29, 0.717) is 0 Å². The van der Waals surface area contributed by atoms with Crippen LogP contribution >= 0.6 is 0 Å². The molecule has 0 fully saturated rings. The summed E-state index contributed by atoms with van der Waals surface area (Å²) in [5.74, 6) is 0.851. The molecule has 3 aromatic heterocycles. The van der Waals surface area contributed by atoms with Crippen LogP contribution < -0.4 is 0 Å². The van der Waals surface area contributed by atoms with Crippen molar-refractivity contribution >= 4 is 76.3 Å². The van der Waals surface area contributed by atoms with E-state index in [0.717, 1.165) is 61.0 Å². The molecule has 12 rings (SSSR count). The number of hydrogen-bond acceptors (Lipinski definition) is 2. The second-order valence-corrected chi connectivity index (χ2v) is 14.4. The average molecular weight is 702 g/mol. The van der Waals surface area contributed by atoms with E-state index in [4.69, 9.17) is 8.83 Å². The Kier molecular flexibility index (Phi) is 6.34. The van der Waals surface area contributed by atoms with Crippen LogP contribution in [0, 0.1) is 0 Å². The van der Waals surface area contributed by atoms with Crippen molar-refractivity contribution in [1.29, 1.82) is 0 Å². The molecule has 9 aromatic carbocycles. The highest BCUT2D eigenvalue weighted by atomic mass is 16.3. The maximum Gasteiger partial charge on any atom is 0.143 e. The Balaban J connectivity index is 1.20. The highest BCUT2D eigenvalue weighted by Crippen LogP contribution is 2.51. The van der Waals surface area contributed by atoms with Gasteiger partial charge < -0.3 is 13.4 Å². The van der Waals surface area contributed by atoms with Gasteiger partial charge in [0, 0.05) is 49.3 Å². The van der Waals surface area contributed by atoms with Crippen LogP contribution in [-0.4, -0.2) is 4.57 Å². The minimum Gasteiger partial charge on any atom is -0.456 e. The highest BCUT2D eigenvalue weighted by Gasteiger charge is 2.25. The molecule has 3 nitrogen and oxygen atoms in total. The zero-order valence-corrected chi connectivity index (χ0v) is 29.7. The van der Waals surface area contributed by atoms with Crippen molar-refractivity contribution in [3.63, 3.8) is 0 Å². The molecule has 0 radical (unpaired) electrons. The van der Waals surface area contributed by atoms with Gasteiger partial charge in [-0.3, -0.25) is 0 Å². The van der Waals surface area contributed by atoms with Crippen LogP contribution in [0.2, 0.25) is 0 Å². The van der Waals surface area contributed by atoms with Gasteiger partial charge in [0.25, 0.3) is 0 Å². The van der Waals surface area contributed by atoms with Gasteiger partial charge in [0.05, 0.1) is 11.0 Å². The standard InChI is InChI=1S/C52H31NO2/c1-3-15-32(16-4-1)52-51(43-31-47-42(30-48(43)55-52)37-20-12-14-26-46(37)54-47)50-40-23-9-7-21-38(40)49(39-22-8-10-24-41(39)50)33-27-28-36-35-19-11-13-25-44(35)53(45(36)29-33)34-17-5-2-6-18-34/h1-31H. The Hall–Kier alpha value is -7.36. The Labute approximate surface area is 315 Å². The molecule has 55 heavy (non-hydrogen) atoms. The van der Waals surface area contributed by atoms with Crippen molar-refractivity contribution in [3.8, 4) is 39.3 Å². The smallest absolute Gasteiger partial charge is 0.143 e. The summed E-state index contributed by atoms with van der Waals surface area (Å²) in [6.07, 6.45) is 0. The molecule has 256 valence electrons. The van der Waals surface area contributed by atoms with Crippen LogP contribution in [0.1, 0.15) is 0 Å². The molecule has 12 aromatic rings. The van der Waals surface area contributed by atoms with E-state index in [1.54, 1.807) is 0 Å². The molecule has 3 heterocycles. The lowest BCUT2D eigenvalue weighted by atomic mass is 9.84. The third-order valence-electron chi connectivity index (χ3n) is 11.4. The zero-order chi connectivity index (χ0) is 36.0. The fourth-order valence-corrected chi connectivity index (χ4v) is 9.05. The van der Waals surface area contributed by atoms with Gasteiger partial charge >= 0.3 is 0 Å². The van der Waals surface area contributed by atoms with Crippen LogP contribution in [-0.2, 0) is 0 Å². The molecule has 0 saturated carbocycles. The fraction of sp³-hybridized carbons (Fsp3) is 0. The topological polar surface area (TPSA) is 31.2 Å². The SMILES string of the molecule is c1ccc(-c2oc3cc4c(cc3c2-c2c3ccccc3c(-c3ccc5c6ccccc6n(-c6ccccc6)c5c3)c3ccccc23)oc2ccccc24)cc1. The van der Waals surface area contributed by atoms with Crippen LogP contribution in [0.15, 0.2) is 197 Å². The van der Waals surface area contributed by atoms with Crippen molar-refractivity contribution in [3.05, 3.63) is 188 Å². The van der Waals surface area contributed by atoms with E-state index < -0.39 is 0 Å².